The predicted octanol–water partition coefficient (Wildman–Crippen LogP) is 4.88. The van der Waals surface area contributed by atoms with Crippen LogP contribution >= 0.6 is 11.3 Å². The smallest absolute Gasteiger partial charge is 0.161 e. The first-order valence-corrected chi connectivity index (χ1v) is 9.56. The van der Waals surface area contributed by atoms with E-state index in [2.05, 4.69) is 41.7 Å². The number of benzene rings is 1. The summed E-state index contributed by atoms with van der Waals surface area (Å²) in [6, 6.07) is 6.41. The SMILES string of the molecule is CCCCOc1ccc(CNC(C)c2nc(C)cs2)cc1OCC. The summed E-state index contributed by atoms with van der Waals surface area (Å²) in [7, 11) is 0. The zero-order chi connectivity index (χ0) is 17.4. The Labute approximate surface area is 149 Å². The molecule has 1 atom stereocenters. The van der Waals surface area contributed by atoms with Crippen molar-refractivity contribution in [1.29, 1.82) is 0 Å². The predicted molar refractivity (Wildman–Crippen MR) is 100 cm³/mol. The number of nitrogens with zero attached hydrogens (tertiary/aromatic N) is 1. The molecule has 132 valence electrons. The summed E-state index contributed by atoms with van der Waals surface area (Å²) < 4.78 is 11.6. The lowest BCUT2D eigenvalue weighted by atomic mass is 10.2. The van der Waals surface area contributed by atoms with Crippen LogP contribution in [-0.4, -0.2) is 18.2 Å². The van der Waals surface area contributed by atoms with Gasteiger partial charge in [-0.1, -0.05) is 19.4 Å². The topological polar surface area (TPSA) is 43.4 Å². The summed E-state index contributed by atoms with van der Waals surface area (Å²) in [6.45, 7) is 10.5. The summed E-state index contributed by atoms with van der Waals surface area (Å²) >= 11 is 1.70. The van der Waals surface area contributed by atoms with E-state index in [1.807, 2.05) is 19.9 Å². The molecule has 1 unspecified atom stereocenters. The molecular weight excluding hydrogens is 320 g/mol. The fourth-order valence-corrected chi connectivity index (χ4v) is 3.13. The number of aromatic nitrogens is 1. The molecule has 0 saturated carbocycles. The molecule has 0 fully saturated rings. The largest absolute Gasteiger partial charge is 0.490 e. The number of rotatable bonds is 10. The third-order valence-electron chi connectivity index (χ3n) is 3.68. The van der Waals surface area contributed by atoms with Gasteiger partial charge in [-0.3, -0.25) is 0 Å². The van der Waals surface area contributed by atoms with Crippen molar-refractivity contribution in [1.82, 2.24) is 10.3 Å². The molecule has 0 aliphatic rings. The van der Waals surface area contributed by atoms with Crippen molar-refractivity contribution in [3.8, 4) is 11.5 Å². The molecule has 1 heterocycles. The van der Waals surface area contributed by atoms with Gasteiger partial charge in [0, 0.05) is 17.6 Å². The molecule has 5 heteroatoms. The van der Waals surface area contributed by atoms with Crippen molar-refractivity contribution in [3.05, 3.63) is 39.8 Å². The summed E-state index contributed by atoms with van der Waals surface area (Å²) in [5.41, 5.74) is 2.26. The molecule has 0 amide bonds. The van der Waals surface area contributed by atoms with Crippen LogP contribution in [0.5, 0.6) is 11.5 Å². The lowest BCUT2D eigenvalue weighted by molar-refractivity contribution is 0.272. The van der Waals surface area contributed by atoms with Crippen LogP contribution in [0.3, 0.4) is 0 Å². The molecule has 0 aliphatic heterocycles. The molecule has 0 aliphatic carbocycles. The zero-order valence-electron chi connectivity index (χ0n) is 15.1. The number of hydrogen-bond acceptors (Lipinski definition) is 5. The van der Waals surface area contributed by atoms with Crippen LogP contribution in [0.2, 0.25) is 0 Å². The molecular formula is C19H28N2O2S. The Morgan fingerprint density at radius 1 is 1.21 bits per heavy atom. The Hall–Kier alpha value is -1.59. The Kier molecular flexibility index (Phi) is 7.53. The van der Waals surface area contributed by atoms with Crippen LogP contribution in [0.25, 0.3) is 0 Å². The van der Waals surface area contributed by atoms with Crippen molar-refractivity contribution in [2.45, 2.75) is 53.1 Å². The number of ether oxygens (including phenoxy) is 2. The van der Waals surface area contributed by atoms with Crippen molar-refractivity contribution < 1.29 is 9.47 Å². The van der Waals surface area contributed by atoms with Gasteiger partial charge < -0.3 is 14.8 Å². The average molecular weight is 349 g/mol. The molecule has 1 aromatic heterocycles. The lowest BCUT2D eigenvalue weighted by Crippen LogP contribution is -2.18. The van der Waals surface area contributed by atoms with Crippen LogP contribution in [-0.2, 0) is 6.54 Å². The van der Waals surface area contributed by atoms with Crippen LogP contribution in [0, 0.1) is 6.92 Å². The van der Waals surface area contributed by atoms with E-state index in [4.69, 9.17) is 9.47 Å². The maximum atomic E-state index is 5.83. The van der Waals surface area contributed by atoms with Crippen molar-refractivity contribution in [2.75, 3.05) is 13.2 Å². The summed E-state index contributed by atoms with van der Waals surface area (Å²) in [4.78, 5) is 4.54. The standard InChI is InChI=1S/C19H28N2O2S/c1-5-7-10-23-17-9-8-16(11-18(17)22-6-2)12-20-15(4)19-21-14(3)13-24-19/h8-9,11,13,15,20H,5-7,10,12H2,1-4H3. The molecule has 1 N–H and O–H groups in total. The minimum atomic E-state index is 0.236. The lowest BCUT2D eigenvalue weighted by Gasteiger charge is -2.15. The van der Waals surface area contributed by atoms with E-state index in [0.29, 0.717) is 6.61 Å². The maximum Gasteiger partial charge on any atom is 0.161 e. The van der Waals surface area contributed by atoms with Crippen LogP contribution < -0.4 is 14.8 Å². The minimum absolute atomic E-state index is 0.236. The first-order valence-electron chi connectivity index (χ1n) is 8.68. The minimum Gasteiger partial charge on any atom is -0.490 e. The quantitative estimate of drug-likeness (QED) is 0.622. The maximum absolute atomic E-state index is 5.83. The van der Waals surface area contributed by atoms with Crippen LogP contribution in [0.1, 0.15) is 55.9 Å². The molecule has 0 saturated heterocycles. The second-order valence-electron chi connectivity index (χ2n) is 5.85. The Bertz CT molecular complexity index is 628. The Morgan fingerprint density at radius 3 is 2.71 bits per heavy atom. The summed E-state index contributed by atoms with van der Waals surface area (Å²) in [5.74, 6) is 1.66. The second kappa shape index (κ2) is 9.64. The number of aryl methyl sites for hydroxylation is 1. The number of nitrogens with one attached hydrogen (secondary N) is 1. The van der Waals surface area contributed by atoms with Gasteiger partial charge in [-0.2, -0.15) is 0 Å². The monoisotopic (exact) mass is 348 g/mol. The summed E-state index contributed by atoms with van der Waals surface area (Å²) in [5, 5.41) is 6.73. The molecule has 1 aromatic carbocycles. The highest BCUT2D eigenvalue weighted by Gasteiger charge is 2.11. The average Bonchev–Trinajstić information content (AvgIpc) is 3.01. The molecule has 0 spiro atoms. The number of hydrogen-bond donors (Lipinski definition) is 1. The normalized spacial score (nSPS) is 12.2. The third-order valence-corrected chi connectivity index (χ3v) is 4.83. The fourth-order valence-electron chi connectivity index (χ4n) is 2.31. The van der Waals surface area contributed by atoms with Gasteiger partial charge in [0.2, 0.25) is 0 Å². The van der Waals surface area contributed by atoms with Gasteiger partial charge in [0.1, 0.15) is 5.01 Å². The molecule has 2 rings (SSSR count). The summed E-state index contributed by atoms with van der Waals surface area (Å²) in [6.07, 6.45) is 2.18. The van der Waals surface area contributed by atoms with Gasteiger partial charge in [0.05, 0.1) is 19.3 Å². The highest BCUT2D eigenvalue weighted by atomic mass is 32.1. The highest BCUT2D eigenvalue weighted by molar-refractivity contribution is 7.09. The van der Waals surface area contributed by atoms with E-state index < -0.39 is 0 Å². The van der Waals surface area contributed by atoms with Crippen LogP contribution in [0.4, 0.5) is 0 Å². The molecule has 24 heavy (non-hydrogen) atoms. The fraction of sp³-hybridized carbons (Fsp3) is 0.526. The van der Waals surface area contributed by atoms with Gasteiger partial charge in [-0.05, 0) is 44.9 Å². The van der Waals surface area contributed by atoms with Gasteiger partial charge >= 0.3 is 0 Å². The first-order chi connectivity index (χ1) is 11.6. The van der Waals surface area contributed by atoms with Crippen LogP contribution in [0.15, 0.2) is 23.6 Å². The van der Waals surface area contributed by atoms with E-state index in [1.165, 1.54) is 5.56 Å². The van der Waals surface area contributed by atoms with Crippen molar-refractivity contribution in [3.63, 3.8) is 0 Å². The van der Waals surface area contributed by atoms with E-state index in [0.717, 1.165) is 48.2 Å². The van der Waals surface area contributed by atoms with E-state index in [1.54, 1.807) is 11.3 Å². The second-order valence-corrected chi connectivity index (χ2v) is 6.74. The first kappa shape index (κ1) is 18.7. The van der Waals surface area contributed by atoms with E-state index in [9.17, 15) is 0 Å². The van der Waals surface area contributed by atoms with Gasteiger partial charge in [0.25, 0.3) is 0 Å². The van der Waals surface area contributed by atoms with Gasteiger partial charge in [-0.15, -0.1) is 11.3 Å². The van der Waals surface area contributed by atoms with Crippen molar-refractivity contribution >= 4 is 11.3 Å². The third kappa shape index (κ3) is 5.49. The highest BCUT2D eigenvalue weighted by Crippen LogP contribution is 2.29. The molecule has 0 radical (unpaired) electrons. The molecule has 4 nitrogen and oxygen atoms in total. The van der Waals surface area contributed by atoms with Gasteiger partial charge in [-0.25, -0.2) is 4.98 Å². The zero-order valence-corrected chi connectivity index (χ0v) is 15.9. The Balaban J connectivity index is 1.98. The number of unbranched alkanes of at least 4 members (excludes halogenated alkanes) is 1. The van der Waals surface area contributed by atoms with E-state index in [-0.39, 0.29) is 6.04 Å². The Morgan fingerprint density at radius 2 is 2.04 bits per heavy atom. The van der Waals surface area contributed by atoms with E-state index >= 15 is 0 Å². The number of thiazole rings is 1. The molecule has 0 bridgehead atoms. The van der Waals surface area contributed by atoms with Gasteiger partial charge in [0.15, 0.2) is 11.5 Å². The molecule has 2 aromatic rings. The van der Waals surface area contributed by atoms with Crippen molar-refractivity contribution in [2.24, 2.45) is 0 Å².